The van der Waals surface area contributed by atoms with Crippen LogP contribution in [0.4, 0.5) is 0 Å². The van der Waals surface area contributed by atoms with Gasteiger partial charge in [-0.3, -0.25) is 0 Å². The van der Waals surface area contributed by atoms with E-state index in [0.717, 1.165) is 22.6 Å². The number of benzene rings is 1. The minimum Gasteiger partial charge on any atom is -0.496 e. The molecule has 1 aromatic rings. The Balaban J connectivity index is 2.54. The lowest BCUT2D eigenvalue weighted by atomic mass is 10.00. The lowest BCUT2D eigenvalue weighted by Crippen LogP contribution is -2.28. The predicted molar refractivity (Wildman–Crippen MR) is 61.5 cm³/mol. The fraction of sp³-hybridized carbons (Fsp3) is 0.385. The molecule has 15 heavy (non-hydrogen) atoms. The van der Waals surface area contributed by atoms with Crippen LogP contribution < -0.4 is 9.47 Å². The molecular formula is C13H16O2. The molecule has 0 atom stereocenters. The molecular weight excluding hydrogens is 188 g/mol. The first-order valence-corrected chi connectivity index (χ1v) is 5.09. The molecule has 1 aliphatic rings. The molecule has 2 heteroatoms. The van der Waals surface area contributed by atoms with Gasteiger partial charge in [0.2, 0.25) is 0 Å². The van der Waals surface area contributed by atoms with Crippen LogP contribution in [0.1, 0.15) is 25.0 Å². The van der Waals surface area contributed by atoms with E-state index in [9.17, 15) is 0 Å². The number of hydrogen-bond acceptors (Lipinski definition) is 2. The topological polar surface area (TPSA) is 18.5 Å². The van der Waals surface area contributed by atoms with E-state index in [1.807, 2.05) is 32.9 Å². The monoisotopic (exact) mass is 204 g/mol. The highest BCUT2D eigenvalue weighted by molar-refractivity contribution is 5.65. The van der Waals surface area contributed by atoms with Crippen LogP contribution in [0.15, 0.2) is 18.2 Å². The zero-order valence-corrected chi connectivity index (χ0v) is 9.63. The summed E-state index contributed by atoms with van der Waals surface area (Å²) < 4.78 is 11.2. The summed E-state index contributed by atoms with van der Waals surface area (Å²) in [5, 5.41) is 0. The molecule has 0 spiro atoms. The van der Waals surface area contributed by atoms with Gasteiger partial charge >= 0.3 is 0 Å². The molecule has 0 amide bonds. The van der Waals surface area contributed by atoms with Gasteiger partial charge in [0.1, 0.15) is 17.1 Å². The minimum atomic E-state index is -0.232. The molecule has 0 saturated heterocycles. The lowest BCUT2D eigenvalue weighted by Gasteiger charge is -2.29. The van der Waals surface area contributed by atoms with E-state index < -0.39 is 0 Å². The maximum absolute atomic E-state index is 5.93. The van der Waals surface area contributed by atoms with Crippen molar-refractivity contribution in [2.45, 2.75) is 26.4 Å². The van der Waals surface area contributed by atoms with Gasteiger partial charge in [0.15, 0.2) is 0 Å². The Kier molecular flexibility index (Phi) is 2.22. The number of methoxy groups -OCH3 is 1. The van der Waals surface area contributed by atoms with Gasteiger partial charge < -0.3 is 9.47 Å². The summed E-state index contributed by atoms with van der Waals surface area (Å²) in [4.78, 5) is 0. The minimum absolute atomic E-state index is 0.232. The second kappa shape index (κ2) is 3.30. The number of hydrogen-bond donors (Lipinski definition) is 0. The van der Waals surface area contributed by atoms with E-state index in [1.54, 1.807) is 7.11 Å². The summed E-state index contributed by atoms with van der Waals surface area (Å²) in [5.41, 5.74) is 1.95. The van der Waals surface area contributed by atoms with E-state index in [4.69, 9.17) is 9.47 Å². The highest BCUT2D eigenvalue weighted by Crippen LogP contribution is 2.37. The molecule has 0 aromatic heterocycles. The van der Waals surface area contributed by atoms with Crippen molar-refractivity contribution in [3.8, 4) is 11.5 Å². The largest absolute Gasteiger partial charge is 0.496 e. The average Bonchev–Trinajstić information content (AvgIpc) is 2.19. The zero-order chi connectivity index (χ0) is 11.1. The van der Waals surface area contributed by atoms with Crippen molar-refractivity contribution in [3.63, 3.8) is 0 Å². The Morgan fingerprint density at radius 1 is 1.27 bits per heavy atom. The lowest BCUT2D eigenvalue weighted by molar-refractivity contribution is 0.157. The van der Waals surface area contributed by atoms with Crippen molar-refractivity contribution in [1.82, 2.24) is 0 Å². The first-order valence-electron chi connectivity index (χ1n) is 5.09. The van der Waals surface area contributed by atoms with Crippen molar-refractivity contribution in [2.24, 2.45) is 0 Å². The van der Waals surface area contributed by atoms with Gasteiger partial charge in [0.05, 0.1) is 7.11 Å². The Morgan fingerprint density at radius 2 is 2.00 bits per heavy atom. The molecule has 0 N–H and O–H groups in total. The first kappa shape index (κ1) is 10.1. The van der Waals surface area contributed by atoms with Gasteiger partial charge in [-0.2, -0.15) is 0 Å². The Hall–Kier alpha value is -1.44. The molecule has 0 bridgehead atoms. The van der Waals surface area contributed by atoms with E-state index in [2.05, 4.69) is 12.2 Å². The summed E-state index contributed by atoms with van der Waals surface area (Å²) in [6, 6.07) is 3.99. The van der Waals surface area contributed by atoms with E-state index in [1.165, 1.54) is 0 Å². The maximum Gasteiger partial charge on any atom is 0.134 e. The van der Waals surface area contributed by atoms with Crippen molar-refractivity contribution in [1.29, 1.82) is 0 Å². The molecule has 0 saturated carbocycles. The van der Waals surface area contributed by atoms with Crippen molar-refractivity contribution >= 4 is 6.08 Å². The van der Waals surface area contributed by atoms with Crippen molar-refractivity contribution in [3.05, 3.63) is 29.3 Å². The van der Waals surface area contributed by atoms with Gasteiger partial charge in [-0.15, -0.1) is 0 Å². The molecule has 0 radical (unpaired) electrons. The van der Waals surface area contributed by atoms with Crippen LogP contribution in [0, 0.1) is 6.92 Å². The molecule has 1 heterocycles. The normalized spacial score (nSPS) is 16.8. The molecule has 2 rings (SSSR count). The second-order valence-electron chi connectivity index (χ2n) is 4.35. The van der Waals surface area contributed by atoms with Crippen LogP contribution in [0.2, 0.25) is 0 Å². The smallest absolute Gasteiger partial charge is 0.134 e. The third-order valence-electron chi connectivity index (χ3n) is 2.64. The summed E-state index contributed by atoms with van der Waals surface area (Å²) in [6.07, 6.45) is 4.17. The molecule has 2 nitrogen and oxygen atoms in total. The second-order valence-corrected chi connectivity index (χ2v) is 4.35. The quantitative estimate of drug-likeness (QED) is 0.699. The number of fused-ring (bicyclic) bond motifs is 1. The molecule has 80 valence electrons. The Labute approximate surface area is 90.5 Å². The van der Waals surface area contributed by atoms with Crippen LogP contribution in [0.25, 0.3) is 6.08 Å². The van der Waals surface area contributed by atoms with Gasteiger partial charge in [0.25, 0.3) is 0 Å². The Bertz CT molecular complexity index is 417. The molecule has 0 aliphatic carbocycles. The SMILES string of the molecule is COc1ccc2c(c1C)OC(C)(C)C=C2. The van der Waals surface area contributed by atoms with Gasteiger partial charge in [-0.25, -0.2) is 0 Å². The van der Waals surface area contributed by atoms with E-state index in [-0.39, 0.29) is 5.60 Å². The third-order valence-corrected chi connectivity index (χ3v) is 2.64. The highest BCUT2D eigenvalue weighted by atomic mass is 16.5. The van der Waals surface area contributed by atoms with E-state index >= 15 is 0 Å². The maximum atomic E-state index is 5.93. The fourth-order valence-electron chi connectivity index (χ4n) is 1.77. The van der Waals surface area contributed by atoms with Crippen LogP contribution in [0.5, 0.6) is 11.5 Å². The van der Waals surface area contributed by atoms with Crippen LogP contribution >= 0.6 is 0 Å². The predicted octanol–water partition coefficient (Wildman–Crippen LogP) is 3.19. The van der Waals surface area contributed by atoms with E-state index in [0.29, 0.717) is 0 Å². The molecule has 1 aliphatic heterocycles. The Morgan fingerprint density at radius 3 is 2.67 bits per heavy atom. The molecule has 1 aromatic carbocycles. The highest BCUT2D eigenvalue weighted by Gasteiger charge is 2.23. The molecule has 0 unspecified atom stereocenters. The third kappa shape index (κ3) is 1.72. The van der Waals surface area contributed by atoms with Gasteiger partial charge in [-0.05, 0) is 39.0 Å². The van der Waals surface area contributed by atoms with Crippen molar-refractivity contribution in [2.75, 3.05) is 7.11 Å². The average molecular weight is 204 g/mol. The summed E-state index contributed by atoms with van der Waals surface area (Å²) in [7, 11) is 1.68. The van der Waals surface area contributed by atoms with Gasteiger partial charge in [0, 0.05) is 11.1 Å². The van der Waals surface area contributed by atoms with Gasteiger partial charge in [-0.1, -0.05) is 6.08 Å². The van der Waals surface area contributed by atoms with Crippen molar-refractivity contribution < 1.29 is 9.47 Å². The van der Waals surface area contributed by atoms with Crippen LogP contribution in [0.3, 0.4) is 0 Å². The van der Waals surface area contributed by atoms with Crippen LogP contribution in [-0.4, -0.2) is 12.7 Å². The number of rotatable bonds is 1. The summed E-state index contributed by atoms with van der Waals surface area (Å²) in [6.45, 7) is 6.11. The van der Waals surface area contributed by atoms with Crippen LogP contribution in [-0.2, 0) is 0 Å². The number of ether oxygens (including phenoxy) is 2. The first-order chi connectivity index (χ1) is 7.03. The zero-order valence-electron chi connectivity index (χ0n) is 9.63. The fourth-order valence-corrected chi connectivity index (χ4v) is 1.77. The molecule has 0 fully saturated rings. The standard InChI is InChI=1S/C13H16O2/c1-9-11(14-4)6-5-10-7-8-13(2,3)15-12(9)10/h5-8H,1-4H3. The summed E-state index contributed by atoms with van der Waals surface area (Å²) >= 11 is 0. The summed E-state index contributed by atoms with van der Waals surface area (Å²) in [5.74, 6) is 1.81.